The van der Waals surface area contributed by atoms with Gasteiger partial charge in [-0.25, -0.2) is 9.78 Å². The van der Waals surface area contributed by atoms with E-state index in [1.807, 2.05) is 19.2 Å². The number of carbonyl (C=O) groups excluding carboxylic acids is 1. The number of ether oxygens (including phenoxy) is 1. The van der Waals surface area contributed by atoms with Gasteiger partial charge < -0.3 is 9.72 Å². The number of carbonyl (C=O) groups is 1. The number of pyridine rings is 1. The van der Waals surface area contributed by atoms with Crippen molar-refractivity contribution in [3.63, 3.8) is 0 Å². The van der Waals surface area contributed by atoms with Crippen LogP contribution in [0.1, 0.15) is 58.8 Å². The van der Waals surface area contributed by atoms with Crippen molar-refractivity contribution in [2.75, 3.05) is 6.61 Å². The van der Waals surface area contributed by atoms with Crippen LogP contribution in [0.25, 0.3) is 11.0 Å². The molecule has 138 valence electrons. The van der Waals surface area contributed by atoms with Gasteiger partial charge in [0.05, 0.1) is 17.2 Å². The molecule has 0 bridgehead atoms. The Hall–Kier alpha value is -1.33. The molecule has 2 rings (SSSR count). The van der Waals surface area contributed by atoms with Gasteiger partial charge in [-0.05, 0) is 29.6 Å². The van der Waals surface area contributed by atoms with Crippen molar-refractivity contribution in [2.45, 2.75) is 65.1 Å². The zero-order chi connectivity index (χ0) is 18.9. The molecular formula is C19H29ClN2O2Si. The Bertz CT molecular complexity index is 746. The summed E-state index contributed by atoms with van der Waals surface area (Å²) in [5.74, 6) is -0.364. The van der Waals surface area contributed by atoms with Crippen LogP contribution in [0.5, 0.6) is 0 Å². The first-order valence-electron chi connectivity index (χ1n) is 9.03. The maximum atomic E-state index is 12.8. The fourth-order valence-electron chi connectivity index (χ4n) is 4.56. The lowest BCUT2D eigenvalue weighted by Gasteiger charge is -2.43. The van der Waals surface area contributed by atoms with Gasteiger partial charge >= 0.3 is 5.97 Å². The number of halogens is 1. The molecule has 2 aromatic rings. The number of nitrogens with one attached hydrogen (secondary N) is 1. The molecule has 0 aliphatic heterocycles. The second-order valence-electron chi connectivity index (χ2n) is 7.51. The lowest BCUT2D eigenvalue weighted by atomic mass is 10.2. The molecule has 0 radical (unpaired) electrons. The number of rotatable bonds is 6. The minimum atomic E-state index is -2.18. The van der Waals surface area contributed by atoms with E-state index in [0.717, 1.165) is 16.4 Å². The van der Waals surface area contributed by atoms with Crippen molar-refractivity contribution in [2.24, 2.45) is 0 Å². The zero-order valence-corrected chi connectivity index (χ0v) is 18.0. The van der Waals surface area contributed by atoms with E-state index >= 15 is 0 Å². The van der Waals surface area contributed by atoms with Gasteiger partial charge in [-0.2, -0.15) is 0 Å². The zero-order valence-electron chi connectivity index (χ0n) is 16.2. The highest BCUT2D eigenvalue weighted by atomic mass is 35.5. The van der Waals surface area contributed by atoms with E-state index in [0.29, 0.717) is 33.8 Å². The Labute approximate surface area is 156 Å². The van der Waals surface area contributed by atoms with E-state index in [2.05, 4.69) is 46.5 Å². The van der Waals surface area contributed by atoms with E-state index in [-0.39, 0.29) is 5.97 Å². The first-order valence-corrected chi connectivity index (χ1v) is 11.6. The molecular weight excluding hydrogens is 352 g/mol. The maximum absolute atomic E-state index is 12.8. The summed E-state index contributed by atoms with van der Waals surface area (Å²) in [7, 11) is -2.18. The van der Waals surface area contributed by atoms with Crippen LogP contribution in [-0.4, -0.2) is 30.6 Å². The summed E-state index contributed by atoms with van der Waals surface area (Å²) in [4.78, 5) is 21.0. The predicted molar refractivity (Wildman–Crippen MR) is 108 cm³/mol. The molecule has 0 spiro atoms. The highest BCUT2D eigenvalue weighted by Crippen LogP contribution is 2.42. The summed E-state index contributed by atoms with van der Waals surface area (Å²) in [6.45, 7) is 15.6. The van der Waals surface area contributed by atoms with Gasteiger partial charge in [0.25, 0.3) is 0 Å². The predicted octanol–water partition coefficient (Wildman–Crippen LogP) is 5.28. The summed E-state index contributed by atoms with van der Waals surface area (Å²) in [5.41, 5.74) is 2.45. The number of hydrogen-bond donors (Lipinski definition) is 1. The fourth-order valence-corrected chi connectivity index (χ4v) is 11.6. The first-order chi connectivity index (χ1) is 11.7. The van der Waals surface area contributed by atoms with E-state index in [4.69, 9.17) is 21.3 Å². The summed E-state index contributed by atoms with van der Waals surface area (Å²) < 4.78 is 5.36. The number of aromatic amines is 1. The molecule has 2 heterocycles. The third kappa shape index (κ3) is 3.12. The molecule has 0 atom stereocenters. The number of aromatic nitrogens is 2. The Morgan fingerprint density at radius 2 is 1.76 bits per heavy atom. The van der Waals surface area contributed by atoms with E-state index in [9.17, 15) is 4.79 Å². The molecule has 1 N–H and O–H groups in total. The van der Waals surface area contributed by atoms with E-state index in [1.165, 1.54) is 0 Å². The summed E-state index contributed by atoms with van der Waals surface area (Å²) in [6.07, 6.45) is 1.81. The van der Waals surface area contributed by atoms with Crippen LogP contribution in [0.2, 0.25) is 21.6 Å². The van der Waals surface area contributed by atoms with Crippen molar-refractivity contribution >= 4 is 42.0 Å². The SMILES string of the molecule is CCOC(=O)c1c([Si](C(C)C)(C(C)C)C(C)C)nc2[nH]ccc2c1Cl. The fraction of sp³-hybridized carbons (Fsp3) is 0.579. The molecule has 0 aromatic carbocycles. The minimum Gasteiger partial charge on any atom is -0.462 e. The highest BCUT2D eigenvalue weighted by molar-refractivity contribution is 6.95. The second kappa shape index (κ2) is 7.50. The van der Waals surface area contributed by atoms with Crippen molar-refractivity contribution in [1.29, 1.82) is 0 Å². The van der Waals surface area contributed by atoms with Crippen LogP contribution in [-0.2, 0) is 4.74 Å². The van der Waals surface area contributed by atoms with E-state index < -0.39 is 8.07 Å². The molecule has 0 saturated heterocycles. The standard InChI is InChI=1S/C19H29ClN2O2Si/c1-8-24-19(23)15-16(20)14-9-10-21-17(14)22-18(15)25(11(2)3,12(4)5)13(6)7/h9-13H,8H2,1-7H3,(H,21,22). The molecule has 0 unspecified atom stereocenters. The molecule has 25 heavy (non-hydrogen) atoms. The van der Waals surface area contributed by atoms with Crippen LogP contribution in [0, 0.1) is 0 Å². The molecule has 4 nitrogen and oxygen atoms in total. The molecule has 0 aliphatic rings. The topological polar surface area (TPSA) is 55.0 Å². The van der Waals surface area contributed by atoms with Gasteiger partial charge in [0.2, 0.25) is 0 Å². The summed E-state index contributed by atoms with van der Waals surface area (Å²) in [5, 5.41) is 2.11. The van der Waals surface area contributed by atoms with Gasteiger partial charge in [-0.3, -0.25) is 0 Å². The smallest absolute Gasteiger partial charge is 0.341 e. The molecule has 2 aromatic heterocycles. The van der Waals surface area contributed by atoms with Gasteiger partial charge in [-0.1, -0.05) is 53.1 Å². The van der Waals surface area contributed by atoms with Crippen LogP contribution >= 0.6 is 11.6 Å². The molecule has 0 saturated carbocycles. The minimum absolute atomic E-state index is 0.319. The maximum Gasteiger partial charge on any atom is 0.341 e. The summed E-state index contributed by atoms with van der Waals surface area (Å²) >= 11 is 6.70. The second-order valence-corrected chi connectivity index (χ2v) is 13.7. The average molecular weight is 381 g/mol. The van der Waals surface area contributed by atoms with Gasteiger partial charge in [0, 0.05) is 16.9 Å². The largest absolute Gasteiger partial charge is 0.462 e. The molecule has 0 amide bonds. The van der Waals surface area contributed by atoms with Crippen molar-refractivity contribution in [1.82, 2.24) is 9.97 Å². The summed E-state index contributed by atoms with van der Waals surface area (Å²) in [6, 6.07) is 1.86. The number of fused-ring (bicyclic) bond motifs is 1. The third-order valence-corrected chi connectivity index (χ3v) is 12.7. The van der Waals surface area contributed by atoms with Crippen molar-refractivity contribution in [3.8, 4) is 0 Å². The first kappa shape index (κ1) is 20.0. The van der Waals surface area contributed by atoms with Crippen molar-refractivity contribution in [3.05, 3.63) is 22.8 Å². The highest BCUT2D eigenvalue weighted by Gasteiger charge is 2.49. The number of esters is 1. The van der Waals surface area contributed by atoms with Crippen LogP contribution in [0.4, 0.5) is 0 Å². The van der Waals surface area contributed by atoms with Gasteiger partial charge in [-0.15, -0.1) is 0 Å². The quantitative estimate of drug-likeness (QED) is 0.548. The van der Waals surface area contributed by atoms with E-state index in [1.54, 1.807) is 0 Å². The third-order valence-electron chi connectivity index (χ3n) is 5.40. The van der Waals surface area contributed by atoms with Gasteiger partial charge in [0.1, 0.15) is 13.7 Å². The Balaban J connectivity index is 2.94. The number of nitrogens with zero attached hydrogens (tertiary/aromatic N) is 1. The normalized spacial score (nSPS) is 12.6. The molecule has 0 aliphatic carbocycles. The molecule has 6 heteroatoms. The Morgan fingerprint density at radius 3 is 2.24 bits per heavy atom. The lowest BCUT2D eigenvalue weighted by molar-refractivity contribution is 0.0528. The van der Waals surface area contributed by atoms with Crippen molar-refractivity contribution < 1.29 is 9.53 Å². The van der Waals surface area contributed by atoms with Crippen LogP contribution in [0.3, 0.4) is 0 Å². The number of hydrogen-bond acceptors (Lipinski definition) is 3. The monoisotopic (exact) mass is 380 g/mol. The Kier molecular flexibility index (Phi) is 6.00. The van der Waals surface area contributed by atoms with Crippen LogP contribution in [0.15, 0.2) is 12.3 Å². The lowest BCUT2D eigenvalue weighted by Crippen LogP contribution is -2.58. The van der Waals surface area contributed by atoms with Crippen LogP contribution < -0.4 is 5.32 Å². The average Bonchev–Trinajstić information content (AvgIpc) is 2.95. The van der Waals surface area contributed by atoms with Gasteiger partial charge in [0.15, 0.2) is 0 Å². The Morgan fingerprint density at radius 1 is 1.20 bits per heavy atom. The molecule has 0 fully saturated rings. The number of H-pyrrole nitrogens is 1.